The summed E-state index contributed by atoms with van der Waals surface area (Å²) in [5.74, 6) is 0.162. The van der Waals surface area contributed by atoms with Crippen LogP contribution in [-0.2, 0) is 9.59 Å². The van der Waals surface area contributed by atoms with Gasteiger partial charge in [0.05, 0.1) is 27.9 Å². The maximum atomic E-state index is 13.1. The lowest BCUT2D eigenvalue weighted by atomic mass is 9.85. The SMILES string of the molecule is CCC1CCCC12NC(=O)N(c1ccc(C#N)c(Cl)c1C)C2=O.CCC1CCCC12NC(=O)NC2=O.[C-]#[N+]c1ccc(I)c(C)c1Cl. The maximum Gasteiger partial charge on any atom is 0.329 e. The lowest BCUT2D eigenvalue weighted by molar-refractivity contribution is -0.125. The highest BCUT2D eigenvalue weighted by molar-refractivity contribution is 14.1. The second-order valence-electron chi connectivity index (χ2n) is 12.2. The number of nitriles is 1. The summed E-state index contributed by atoms with van der Waals surface area (Å²) in [6, 6.07) is 8.07. The number of urea groups is 2. The number of rotatable bonds is 3. The second-order valence-corrected chi connectivity index (χ2v) is 14.1. The molecule has 2 saturated heterocycles. The molecule has 4 fully saturated rings. The number of nitrogens with one attached hydrogen (secondary N) is 3. The fourth-order valence-electron chi connectivity index (χ4n) is 7.22. The molecule has 2 aromatic rings. The molecule has 4 atom stereocenters. The molecule has 0 aromatic heterocycles. The molecule has 2 saturated carbocycles. The van der Waals surface area contributed by atoms with E-state index in [9.17, 15) is 19.2 Å². The van der Waals surface area contributed by atoms with Gasteiger partial charge in [-0.3, -0.25) is 14.9 Å². The average Bonchev–Trinajstić information content (AvgIpc) is 3.79. The van der Waals surface area contributed by atoms with E-state index in [-0.39, 0.29) is 28.8 Å². The first-order valence-corrected chi connectivity index (χ1v) is 17.5. The highest BCUT2D eigenvalue weighted by Crippen LogP contribution is 2.44. The number of imide groups is 2. The molecule has 2 heterocycles. The highest BCUT2D eigenvalue weighted by atomic mass is 127. The Balaban J connectivity index is 0.000000176. The molecule has 2 aliphatic heterocycles. The van der Waals surface area contributed by atoms with Crippen molar-refractivity contribution < 1.29 is 19.2 Å². The summed E-state index contributed by atoms with van der Waals surface area (Å²) in [4.78, 5) is 52.7. The van der Waals surface area contributed by atoms with Crippen LogP contribution in [0.25, 0.3) is 4.85 Å². The normalized spacial score (nSPS) is 25.8. The maximum absolute atomic E-state index is 13.1. The van der Waals surface area contributed by atoms with Crippen LogP contribution in [0.2, 0.25) is 10.0 Å². The van der Waals surface area contributed by atoms with E-state index >= 15 is 0 Å². The van der Waals surface area contributed by atoms with Gasteiger partial charge in [-0.15, -0.1) is 0 Å². The van der Waals surface area contributed by atoms with Crippen LogP contribution in [0.5, 0.6) is 0 Å². The van der Waals surface area contributed by atoms with Crippen LogP contribution in [0.4, 0.5) is 21.0 Å². The van der Waals surface area contributed by atoms with Crippen molar-refractivity contribution >= 4 is 81.0 Å². The van der Waals surface area contributed by atoms with Gasteiger partial charge in [-0.1, -0.05) is 74.9 Å². The number of benzene rings is 2. The Bertz CT molecular complexity index is 1700. The standard InChI is InChI=1S/C17H18ClN3O2.C9H14N2O2.C8H5ClIN/c1-3-12-5-4-8-17(12)15(22)21(16(23)20-17)13-7-6-11(9-19)14(18)10(13)2;1-2-6-4-3-5-9(6)7(12)10-8(13)11-9;1-5-6(10)3-4-7(11-2)8(5)9/h6-7,12H,3-5,8H2,1-2H3,(H,20,23);6H,2-5H2,1H3,(H2,10,11,12,13);3-4H,1H3. The molecule has 2 aromatic carbocycles. The Morgan fingerprint density at radius 2 is 1.57 bits per heavy atom. The fraction of sp³-hybridized carbons (Fsp3) is 0.471. The van der Waals surface area contributed by atoms with Crippen molar-refractivity contribution in [1.82, 2.24) is 16.0 Å². The molecule has 2 aliphatic carbocycles. The van der Waals surface area contributed by atoms with Gasteiger partial charge in [0.2, 0.25) is 5.69 Å². The minimum absolute atomic E-state index is 0.123. The molecule has 6 amide bonds. The van der Waals surface area contributed by atoms with E-state index in [4.69, 9.17) is 35.0 Å². The van der Waals surface area contributed by atoms with E-state index in [1.165, 1.54) is 4.90 Å². The quantitative estimate of drug-likeness (QED) is 0.164. The Kier molecular flexibility index (Phi) is 11.5. The molecule has 0 radical (unpaired) electrons. The van der Waals surface area contributed by atoms with E-state index in [2.05, 4.69) is 50.3 Å². The minimum atomic E-state index is -0.779. The molecule has 248 valence electrons. The average molecular weight is 792 g/mol. The van der Waals surface area contributed by atoms with E-state index in [0.717, 1.165) is 54.1 Å². The Labute approximate surface area is 298 Å². The summed E-state index contributed by atoms with van der Waals surface area (Å²) >= 11 is 14.3. The Morgan fingerprint density at radius 1 is 0.957 bits per heavy atom. The van der Waals surface area contributed by atoms with Gasteiger partial charge in [0.1, 0.15) is 17.1 Å². The summed E-state index contributed by atoms with van der Waals surface area (Å²) in [5, 5.41) is 17.9. The first-order valence-electron chi connectivity index (χ1n) is 15.6. The third-order valence-corrected chi connectivity index (χ3v) is 12.0. The number of carbonyl (C=O) groups excluding carboxylic acids is 4. The zero-order valence-electron chi connectivity index (χ0n) is 26.7. The van der Waals surface area contributed by atoms with Crippen LogP contribution in [0.3, 0.4) is 0 Å². The Morgan fingerprint density at radius 3 is 2.13 bits per heavy atom. The minimum Gasteiger partial charge on any atom is -0.323 e. The number of hydrogen-bond acceptors (Lipinski definition) is 5. The lowest BCUT2D eigenvalue weighted by Gasteiger charge is -2.28. The fourth-order valence-corrected chi connectivity index (χ4v) is 8.24. The van der Waals surface area contributed by atoms with Crippen LogP contribution in [0.1, 0.15) is 81.9 Å². The topological polar surface area (TPSA) is 136 Å². The molecule has 4 unspecified atom stereocenters. The molecule has 2 spiro atoms. The molecule has 13 heteroatoms. The summed E-state index contributed by atoms with van der Waals surface area (Å²) < 4.78 is 1.10. The van der Waals surface area contributed by atoms with Gasteiger partial charge in [-0.2, -0.15) is 5.26 Å². The van der Waals surface area contributed by atoms with Crippen molar-refractivity contribution in [2.75, 3.05) is 4.90 Å². The van der Waals surface area contributed by atoms with E-state index in [1.54, 1.807) is 25.1 Å². The zero-order chi connectivity index (χ0) is 34.7. The van der Waals surface area contributed by atoms with E-state index < -0.39 is 17.1 Å². The van der Waals surface area contributed by atoms with Gasteiger partial charge in [0.15, 0.2) is 0 Å². The second kappa shape index (κ2) is 14.8. The van der Waals surface area contributed by atoms with E-state index in [0.29, 0.717) is 39.9 Å². The van der Waals surface area contributed by atoms with Crippen molar-refractivity contribution in [1.29, 1.82) is 5.26 Å². The number of nitrogens with zero attached hydrogens (tertiary/aromatic N) is 3. The number of carbonyl (C=O) groups is 4. The molecule has 47 heavy (non-hydrogen) atoms. The van der Waals surface area contributed by atoms with E-state index in [1.807, 2.05) is 26.0 Å². The van der Waals surface area contributed by atoms with Crippen molar-refractivity contribution in [3.63, 3.8) is 0 Å². The molecular formula is C34H37Cl2IN6O4. The number of hydrogen-bond donors (Lipinski definition) is 3. The van der Waals surface area contributed by atoms with Crippen molar-refractivity contribution in [2.45, 2.75) is 90.1 Å². The molecule has 3 N–H and O–H groups in total. The lowest BCUT2D eigenvalue weighted by Crippen LogP contribution is -2.49. The molecule has 4 aliphatic rings. The Hall–Kier alpha value is -3.39. The van der Waals surface area contributed by atoms with Crippen molar-refractivity contribution in [3.05, 3.63) is 66.0 Å². The van der Waals surface area contributed by atoms with Gasteiger partial charge >= 0.3 is 12.1 Å². The van der Waals surface area contributed by atoms with Crippen LogP contribution in [-0.4, -0.2) is 35.0 Å². The predicted molar refractivity (Wildman–Crippen MR) is 189 cm³/mol. The van der Waals surface area contributed by atoms with Gasteiger partial charge in [-0.05, 0) is 97.2 Å². The molecule has 0 bridgehead atoms. The third kappa shape index (κ3) is 6.67. The van der Waals surface area contributed by atoms with Gasteiger partial charge in [0.25, 0.3) is 11.8 Å². The number of anilines is 1. The molecule has 6 rings (SSSR count). The van der Waals surface area contributed by atoms with Crippen LogP contribution in [0, 0.1) is 47.2 Å². The summed E-state index contributed by atoms with van der Waals surface area (Å²) in [7, 11) is 0. The number of amides is 6. The molecule has 10 nitrogen and oxygen atoms in total. The third-order valence-electron chi connectivity index (χ3n) is 9.85. The van der Waals surface area contributed by atoms with Crippen LogP contribution >= 0.6 is 45.8 Å². The highest BCUT2D eigenvalue weighted by Gasteiger charge is 2.58. The van der Waals surface area contributed by atoms with Gasteiger partial charge in [0, 0.05) is 3.57 Å². The van der Waals surface area contributed by atoms with Gasteiger partial charge in [-0.25, -0.2) is 19.3 Å². The van der Waals surface area contributed by atoms with Crippen LogP contribution in [0.15, 0.2) is 24.3 Å². The summed E-state index contributed by atoms with van der Waals surface area (Å²) in [6.07, 6.45) is 7.24. The summed E-state index contributed by atoms with van der Waals surface area (Å²) in [5.41, 5.74) is 1.53. The van der Waals surface area contributed by atoms with Gasteiger partial charge < -0.3 is 10.6 Å². The summed E-state index contributed by atoms with van der Waals surface area (Å²) in [6.45, 7) is 14.5. The zero-order valence-corrected chi connectivity index (χ0v) is 30.4. The largest absolute Gasteiger partial charge is 0.329 e. The van der Waals surface area contributed by atoms with Crippen LogP contribution < -0.4 is 20.9 Å². The van der Waals surface area contributed by atoms with Crippen molar-refractivity contribution in [2.24, 2.45) is 11.8 Å². The first-order chi connectivity index (χ1) is 22.3. The number of halogens is 3. The van der Waals surface area contributed by atoms with Crippen molar-refractivity contribution in [3.8, 4) is 6.07 Å². The monoisotopic (exact) mass is 790 g/mol. The molecular weight excluding hydrogens is 754 g/mol. The smallest absolute Gasteiger partial charge is 0.323 e. The predicted octanol–water partition coefficient (Wildman–Crippen LogP) is 8.10. The first kappa shape index (κ1) is 36.4.